The molecule has 1 amide bonds. The molecule has 0 aliphatic rings. The highest BCUT2D eigenvalue weighted by atomic mass is 32.1. The van der Waals surface area contributed by atoms with Gasteiger partial charge in [0.05, 0.1) is 5.56 Å². The molecule has 0 aliphatic carbocycles. The monoisotopic (exact) mass is 431 g/mol. The van der Waals surface area contributed by atoms with Crippen molar-refractivity contribution >= 4 is 40.0 Å². The normalized spacial score (nSPS) is 10.8. The Labute approximate surface area is 184 Å². The van der Waals surface area contributed by atoms with E-state index in [1.807, 2.05) is 37.3 Å². The highest BCUT2D eigenvalue weighted by molar-refractivity contribution is 7.80. The van der Waals surface area contributed by atoms with Gasteiger partial charge in [-0.25, -0.2) is 4.98 Å². The molecule has 0 bridgehead atoms. The first-order valence-corrected chi connectivity index (χ1v) is 10.3. The Kier molecular flexibility index (Phi) is 5.68. The number of carbonyl (C=O) groups is 1. The minimum Gasteiger partial charge on any atom is -0.507 e. The minimum absolute atomic E-state index is 0.0161. The summed E-state index contributed by atoms with van der Waals surface area (Å²) in [6.07, 6.45) is 0.907. The molecule has 0 saturated carbocycles. The van der Waals surface area contributed by atoms with Gasteiger partial charge in [-0.15, -0.1) is 0 Å². The van der Waals surface area contributed by atoms with Crippen LogP contribution in [0.5, 0.6) is 5.75 Å². The van der Waals surface area contributed by atoms with Crippen LogP contribution in [0, 0.1) is 6.92 Å². The molecule has 4 rings (SSSR count). The lowest BCUT2D eigenvalue weighted by Gasteiger charge is -2.11. The van der Waals surface area contributed by atoms with Crippen LogP contribution in [0.2, 0.25) is 0 Å². The second-order valence-electron chi connectivity index (χ2n) is 7.18. The van der Waals surface area contributed by atoms with Crippen LogP contribution in [0.25, 0.3) is 22.6 Å². The summed E-state index contributed by atoms with van der Waals surface area (Å²) in [5.41, 5.74) is 5.11. The number of rotatable bonds is 4. The number of oxazole rings is 1. The van der Waals surface area contributed by atoms with Crippen LogP contribution >= 0.6 is 12.2 Å². The van der Waals surface area contributed by atoms with Gasteiger partial charge in [-0.1, -0.05) is 25.1 Å². The standard InChI is InChI=1S/C24H21N3O3S/c1-3-15-5-7-16(8-6-15)22(29)27-24(31)25-17-9-10-18(20(28)13-17)23-26-19-11-4-14(2)12-21(19)30-23/h4-13,28H,3H2,1-2H3,(H2,25,27,29,31). The van der Waals surface area contributed by atoms with Gasteiger partial charge in [-0.05, 0) is 73.1 Å². The summed E-state index contributed by atoms with van der Waals surface area (Å²) < 4.78 is 5.78. The van der Waals surface area contributed by atoms with Crippen LogP contribution < -0.4 is 10.6 Å². The van der Waals surface area contributed by atoms with Gasteiger partial charge in [0.15, 0.2) is 10.7 Å². The largest absolute Gasteiger partial charge is 0.507 e. The number of aromatic hydroxyl groups is 1. The first-order chi connectivity index (χ1) is 14.9. The number of hydrogen-bond acceptors (Lipinski definition) is 5. The lowest BCUT2D eigenvalue weighted by molar-refractivity contribution is 0.0977. The molecular weight excluding hydrogens is 410 g/mol. The number of phenols is 1. The first-order valence-electron chi connectivity index (χ1n) is 9.85. The molecular formula is C24H21N3O3S. The molecule has 31 heavy (non-hydrogen) atoms. The van der Waals surface area contributed by atoms with Crippen molar-refractivity contribution in [2.75, 3.05) is 5.32 Å². The van der Waals surface area contributed by atoms with E-state index in [4.69, 9.17) is 16.6 Å². The third-order valence-corrected chi connectivity index (χ3v) is 5.09. The summed E-state index contributed by atoms with van der Waals surface area (Å²) in [6, 6.07) is 18.0. The van der Waals surface area contributed by atoms with Gasteiger partial charge < -0.3 is 14.8 Å². The molecule has 3 aromatic carbocycles. The van der Waals surface area contributed by atoms with Crippen molar-refractivity contribution in [3.63, 3.8) is 0 Å². The van der Waals surface area contributed by atoms with E-state index in [1.54, 1.807) is 24.3 Å². The molecule has 4 aromatic rings. The average molecular weight is 432 g/mol. The number of aromatic nitrogens is 1. The third kappa shape index (κ3) is 4.57. The van der Waals surface area contributed by atoms with Gasteiger partial charge in [0.1, 0.15) is 11.3 Å². The fourth-order valence-corrected chi connectivity index (χ4v) is 3.38. The van der Waals surface area contributed by atoms with Gasteiger partial charge in [0, 0.05) is 17.3 Å². The fourth-order valence-electron chi connectivity index (χ4n) is 3.17. The number of hydrogen-bond donors (Lipinski definition) is 3. The van der Waals surface area contributed by atoms with E-state index in [0.29, 0.717) is 28.3 Å². The van der Waals surface area contributed by atoms with Crippen molar-refractivity contribution < 1.29 is 14.3 Å². The first kappa shape index (κ1) is 20.6. The summed E-state index contributed by atoms with van der Waals surface area (Å²) >= 11 is 5.23. The third-order valence-electron chi connectivity index (χ3n) is 4.88. The Hall–Kier alpha value is -3.71. The number of fused-ring (bicyclic) bond motifs is 1. The second kappa shape index (κ2) is 8.57. The maximum atomic E-state index is 12.4. The molecule has 1 aromatic heterocycles. The topological polar surface area (TPSA) is 87.4 Å². The van der Waals surface area contributed by atoms with E-state index in [2.05, 4.69) is 22.5 Å². The van der Waals surface area contributed by atoms with Crippen LogP contribution in [0.15, 0.2) is 65.1 Å². The van der Waals surface area contributed by atoms with Crippen LogP contribution in [-0.2, 0) is 6.42 Å². The van der Waals surface area contributed by atoms with E-state index in [0.717, 1.165) is 23.1 Å². The number of aryl methyl sites for hydroxylation is 2. The highest BCUT2D eigenvalue weighted by Crippen LogP contribution is 2.33. The number of anilines is 1. The number of carbonyl (C=O) groups excluding carboxylic acids is 1. The lowest BCUT2D eigenvalue weighted by atomic mass is 10.1. The van der Waals surface area contributed by atoms with Crippen molar-refractivity contribution in [2.24, 2.45) is 0 Å². The molecule has 0 spiro atoms. The summed E-state index contributed by atoms with van der Waals surface area (Å²) in [5, 5.41) is 16.2. The van der Waals surface area contributed by atoms with Crippen molar-refractivity contribution in [1.29, 1.82) is 0 Å². The van der Waals surface area contributed by atoms with Gasteiger partial charge >= 0.3 is 0 Å². The van der Waals surface area contributed by atoms with Crippen molar-refractivity contribution in [1.82, 2.24) is 10.3 Å². The molecule has 6 nitrogen and oxygen atoms in total. The fraction of sp³-hybridized carbons (Fsp3) is 0.125. The van der Waals surface area contributed by atoms with Crippen molar-refractivity contribution in [2.45, 2.75) is 20.3 Å². The molecule has 0 fully saturated rings. The van der Waals surface area contributed by atoms with E-state index >= 15 is 0 Å². The van der Waals surface area contributed by atoms with E-state index in [9.17, 15) is 9.90 Å². The second-order valence-corrected chi connectivity index (χ2v) is 7.59. The van der Waals surface area contributed by atoms with Crippen molar-refractivity contribution in [3.05, 3.63) is 77.4 Å². The Balaban J connectivity index is 1.45. The number of thiocarbonyl (C=S) groups is 1. The predicted molar refractivity (Wildman–Crippen MR) is 125 cm³/mol. The van der Waals surface area contributed by atoms with E-state index in [-0.39, 0.29) is 16.8 Å². The predicted octanol–water partition coefficient (Wildman–Crippen LogP) is 5.20. The smallest absolute Gasteiger partial charge is 0.257 e. The van der Waals surface area contributed by atoms with Gasteiger partial charge in [-0.2, -0.15) is 0 Å². The summed E-state index contributed by atoms with van der Waals surface area (Å²) in [7, 11) is 0. The van der Waals surface area contributed by atoms with Crippen LogP contribution in [-0.4, -0.2) is 21.1 Å². The molecule has 0 saturated heterocycles. The number of nitrogens with one attached hydrogen (secondary N) is 2. The number of amides is 1. The van der Waals surface area contributed by atoms with Gasteiger partial charge in [0.2, 0.25) is 5.89 Å². The lowest BCUT2D eigenvalue weighted by Crippen LogP contribution is -2.34. The molecule has 0 unspecified atom stereocenters. The van der Waals surface area contributed by atoms with Crippen LogP contribution in [0.4, 0.5) is 5.69 Å². The molecule has 0 aliphatic heterocycles. The van der Waals surface area contributed by atoms with Gasteiger partial charge in [-0.3, -0.25) is 10.1 Å². The molecule has 0 atom stereocenters. The quantitative estimate of drug-likeness (QED) is 0.385. The Morgan fingerprint density at radius 2 is 1.87 bits per heavy atom. The number of nitrogens with zero attached hydrogens (tertiary/aromatic N) is 1. The Morgan fingerprint density at radius 3 is 2.58 bits per heavy atom. The zero-order chi connectivity index (χ0) is 22.0. The summed E-state index contributed by atoms with van der Waals surface area (Å²) in [4.78, 5) is 16.8. The van der Waals surface area contributed by atoms with E-state index in [1.165, 1.54) is 6.07 Å². The zero-order valence-corrected chi connectivity index (χ0v) is 17.9. The number of benzene rings is 3. The Morgan fingerprint density at radius 1 is 1.10 bits per heavy atom. The highest BCUT2D eigenvalue weighted by Gasteiger charge is 2.14. The van der Waals surface area contributed by atoms with Crippen molar-refractivity contribution in [3.8, 4) is 17.2 Å². The molecule has 7 heteroatoms. The maximum absolute atomic E-state index is 12.4. The average Bonchev–Trinajstić information content (AvgIpc) is 3.16. The Bertz CT molecular complexity index is 1280. The van der Waals surface area contributed by atoms with Crippen LogP contribution in [0.1, 0.15) is 28.4 Å². The summed E-state index contributed by atoms with van der Waals surface area (Å²) in [6.45, 7) is 4.03. The molecule has 3 N–H and O–H groups in total. The molecule has 0 radical (unpaired) electrons. The maximum Gasteiger partial charge on any atom is 0.257 e. The van der Waals surface area contributed by atoms with Crippen LogP contribution in [0.3, 0.4) is 0 Å². The van der Waals surface area contributed by atoms with E-state index < -0.39 is 0 Å². The minimum atomic E-state index is -0.303. The molecule has 1 heterocycles. The summed E-state index contributed by atoms with van der Waals surface area (Å²) in [5.74, 6) is 0.0105. The SMILES string of the molecule is CCc1ccc(C(=O)NC(=S)Nc2ccc(-c3nc4ccc(C)cc4o3)c(O)c2)cc1. The molecule has 156 valence electrons. The number of phenolic OH excluding ortho intramolecular Hbond substituents is 1. The van der Waals surface area contributed by atoms with Gasteiger partial charge in [0.25, 0.3) is 5.91 Å². The zero-order valence-electron chi connectivity index (χ0n) is 17.1.